The van der Waals surface area contributed by atoms with Gasteiger partial charge in [-0.05, 0) is 42.9 Å². The average molecular weight is 247 g/mol. The standard InChI is InChI=1S/C15H21NO2/c17-14-7-5-12(6-8-14)9-10-16-15(18)11-13-3-1-2-4-13/h5-8,13,17H,1-4,9-11H2,(H,16,18). The minimum absolute atomic E-state index is 0.181. The maximum absolute atomic E-state index is 11.7. The van der Waals surface area contributed by atoms with Gasteiger partial charge in [-0.1, -0.05) is 25.0 Å². The topological polar surface area (TPSA) is 49.3 Å². The first kappa shape index (κ1) is 12.9. The molecule has 0 atom stereocenters. The van der Waals surface area contributed by atoms with Crippen LogP contribution in [0.3, 0.4) is 0 Å². The maximum Gasteiger partial charge on any atom is 0.220 e. The zero-order chi connectivity index (χ0) is 12.8. The Morgan fingerprint density at radius 3 is 2.56 bits per heavy atom. The molecular formula is C15H21NO2. The third-order valence-corrected chi connectivity index (χ3v) is 3.62. The number of carbonyl (C=O) groups excluding carboxylic acids is 1. The Morgan fingerprint density at radius 1 is 1.22 bits per heavy atom. The van der Waals surface area contributed by atoms with E-state index in [2.05, 4.69) is 5.32 Å². The van der Waals surface area contributed by atoms with E-state index in [1.807, 2.05) is 12.1 Å². The van der Waals surface area contributed by atoms with Crippen molar-refractivity contribution in [1.29, 1.82) is 0 Å². The number of phenols is 1. The van der Waals surface area contributed by atoms with Crippen LogP contribution >= 0.6 is 0 Å². The summed E-state index contributed by atoms with van der Waals surface area (Å²) in [5.74, 6) is 1.07. The molecule has 0 bridgehead atoms. The normalized spacial score (nSPS) is 15.8. The molecule has 1 saturated carbocycles. The summed E-state index contributed by atoms with van der Waals surface area (Å²) in [5.41, 5.74) is 1.13. The van der Waals surface area contributed by atoms with E-state index in [1.165, 1.54) is 25.7 Å². The number of hydrogen-bond acceptors (Lipinski definition) is 2. The van der Waals surface area contributed by atoms with Gasteiger partial charge < -0.3 is 10.4 Å². The molecule has 2 N–H and O–H groups in total. The van der Waals surface area contributed by atoms with Crippen LogP contribution in [0.2, 0.25) is 0 Å². The first-order valence-electron chi connectivity index (χ1n) is 6.78. The second-order valence-electron chi connectivity index (χ2n) is 5.12. The minimum Gasteiger partial charge on any atom is -0.508 e. The van der Waals surface area contributed by atoms with Gasteiger partial charge in [0.05, 0.1) is 0 Å². The van der Waals surface area contributed by atoms with E-state index in [4.69, 9.17) is 5.11 Å². The Kier molecular flexibility index (Phi) is 4.62. The lowest BCUT2D eigenvalue weighted by Crippen LogP contribution is -2.27. The Labute approximate surface area is 108 Å². The van der Waals surface area contributed by atoms with Gasteiger partial charge in [0.25, 0.3) is 0 Å². The highest BCUT2D eigenvalue weighted by Gasteiger charge is 2.17. The van der Waals surface area contributed by atoms with Crippen molar-refractivity contribution in [2.45, 2.75) is 38.5 Å². The molecule has 0 heterocycles. The largest absolute Gasteiger partial charge is 0.508 e. The van der Waals surface area contributed by atoms with Gasteiger partial charge in [-0.2, -0.15) is 0 Å². The molecule has 98 valence electrons. The highest BCUT2D eigenvalue weighted by Crippen LogP contribution is 2.27. The molecule has 0 aliphatic heterocycles. The van der Waals surface area contributed by atoms with Crippen molar-refractivity contribution < 1.29 is 9.90 Å². The van der Waals surface area contributed by atoms with Crippen molar-refractivity contribution in [1.82, 2.24) is 5.32 Å². The Bertz CT molecular complexity index is 380. The SMILES string of the molecule is O=C(CC1CCCC1)NCCc1ccc(O)cc1. The lowest BCUT2D eigenvalue weighted by atomic mass is 10.0. The molecule has 0 aromatic heterocycles. The van der Waals surface area contributed by atoms with Crippen LogP contribution in [-0.4, -0.2) is 17.6 Å². The van der Waals surface area contributed by atoms with Gasteiger partial charge >= 0.3 is 0 Å². The molecule has 0 radical (unpaired) electrons. The second kappa shape index (κ2) is 6.43. The molecule has 1 aromatic carbocycles. The molecule has 1 fully saturated rings. The third-order valence-electron chi connectivity index (χ3n) is 3.62. The van der Waals surface area contributed by atoms with E-state index in [0.717, 1.165) is 12.0 Å². The van der Waals surface area contributed by atoms with Crippen LogP contribution in [0.25, 0.3) is 0 Å². The number of amides is 1. The average Bonchev–Trinajstić information content (AvgIpc) is 2.84. The summed E-state index contributed by atoms with van der Waals surface area (Å²) in [6.45, 7) is 0.677. The second-order valence-corrected chi connectivity index (χ2v) is 5.12. The van der Waals surface area contributed by atoms with Gasteiger partial charge in [-0.3, -0.25) is 4.79 Å². The zero-order valence-corrected chi connectivity index (χ0v) is 10.7. The molecule has 3 nitrogen and oxygen atoms in total. The van der Waals surface area contributed by atoms with E-state index in [0.29, 0.717) is 18.9 Å². The smallest absolute Gasteiger partial charge is 0.220 e. The van der Waals surface area contributed by atoms with Gasteiger partial charge in [-0.25, -0.2) is 0 Å². The molecule has 1 amide bonds. The molecule has 2 rings (SSSR count). The maximum atomic E-state index is 11.7. The molecular weight excluding hydrogens is 226 g/mol. The summed E-state index contributed by atoms with van der Waals surface area (Å²) in [7, 11) is 0. The number of aromatic hydroxyl groups is 1. The number of benzene rings is 1. The van der Waals surface area contributed by atoms with Crippen molar-refractivity contribution in [2.75, 3.05) is 6.54 Å². The Balaban J connectivity index is 1.65. The van der Waals surface area contributed by atoms with E-state index in [1.54, 1.807) is 12.1 Å². The first-order valence-corrected chi connectivity index (χ1v) is 6.78. The number of phenolic OH excluding ortho intramolecular Hbond substituents is 1. The summed E-state index contributed by atoms with van der Waals surface area (Å²) >= 11 is 0. The van der Waals surface area contributed by atoms with Gasteiger partial charge in [0.15, 0.2) is 0 Å². The molecule has 0 unspecified atom stereocenters. The molecule has 1 aromatic rings. The van der Waals surface area contributed by atoms with E-state index in [9.17, 15) is 4.79 Å². The lowest BCUT2D eigenvalue weighted by Gasteiger charge is -2.09. The van der Waals surface area contributed by atoms with Crippen molar-refractivity contribution in [2.24, 2.45) is 5.92 Å². The molecule has 1 aliphatic rings. The van der Waals surface area contributed by atoms with E-state index < -0.39 is 0 Å². The first-order chi connectivity index (χ1) is 8.74. The third kappa shape index (κ3) is 4.06. The fourth-order valence-corrected chi connectivity index (χ4v) is 2.56. The van der Waals surface area contributed by atoms with Crippen LogP contribution < -0.4 is 5.32 Å². The van der Waals surface area contributed by atoms with Gasteiger partial charge in [0.1, 0.15) is 5.75 Å². The van der Waals surface area contributed by atoms with Gasteiger partial charge in [-0.15, -0.1) is 0 Å². The van der Waals surface area contributed by atoms with E-state index in [-0.39, 0.29) is 11.7 Å². The molecule has 3 heteroatoms. The van der Waals surface area contributed by atoms with Crippen LogP contribution in [0.4, 0.5) is 0 Å². The Morgan fingerprint density at radius 2 is 1.89 bits per heavy atom. The van der Waals surface area contributed by atoms with Crippen molar-refractivity contribution >= 4 is 5.91 Å². The minimum atomic E-state index is 0.181. The number of nitrogens with one attached hydrogen (secondary N) is 1. The summed E-state index contributed by atoms with van der Waals surface area (Å²) < 4.78 is 0. The van der Waals surface area contributed by atoms with Crippen LogP contribution in [0.5, 0.6) is 5.75 Å². The van der Waals surface area contributed by atoms with Crippen molar-refractivity contribution in [3.63, 3.8) is 0 Å². The van der Waals surface area contributed by atoms with Crippen LogP contribution in [0, 0.1) is 5.92 Å². The van der Waals surface area contributed by atoms with Crippen molar-refractivity contribution in [3.05, 3.63) is 29.8 Å². The fraction of sp³-hybridized carbons (Fsp3) is 0.533. The van der Waals surface area contributed by atoms with E-state index >= 15 is 0 Å². The highest BCUT2D eigenvalue weighted by molar-refractivity contribution is 5.76. The molecule has 0 saturated heterocycles. The highest BCUT2D eigenvalue weighted by atomic mass is 16.3. The van der Waals surface area contributed by atoms with Crippen LogP contribution in [0.1, 0.15) is 37.7 Å². The summed E-state index contributed by atoms with van der Waals surface area (Å²) in [6, 6.07) is 7.13. The predicted octanol–water partition coefficient (Wildman–Crippen LogP) is 2.63. The number of hydrogen-bond donors (Lipinski definition) is 2. The lowest BCUT2D eigenvalue weighted by molar-refractivity contribution is -0.121. The number of rotatable bonds is 5. The Hall–Kier alpha value is -1.51. The van der Waals surface area contributed by atoms with Crippen LogP contribution in [-0.2, 0) is 11.2 Å². The summed E-state index contributed by atoms with van der Waals surface area (Å²) in [5, 5.41) is 12.1. The quantitative estimate of drug-likeness (QED) is 0.840. The molecule has 1 aliphatic carbocycles. The predicted molar refractivity (Wildman–Crippen MR) is 71.4 cm³/mol. The summed E-state index contributed by atoms with van der Waals surface area (Å²) in [6.07, 6.45) is 6.50. The van der Waals surface area contributed by atoms with Crippen molar-refractivity contribution in [3.8, 4) is 5.75 Å². The molecule has 18 heavy (non-hydrogen) atoms. The summed E-state index contributed by atoms with van der Waals surface area (Å²) in [4.78, 5) is 11.7. The fourth-order valence-electron chi connectivity index (χ4n) is 2.56. The zero-order valence-electron chi connectivity index (χ0n) is 10.7. The molecule has 0 spiro atoms. The monoisotopic (exact) mass is 247 g/mol. The number of carbonyl (C=O) groups is 1. The van der Waals surface area contributed by atoms with Gasteiger partial charge in [0, 0.05) is 13.0 Å². The van der Waals surface area contributed by atoms with Gasteiger partial charge in [0.2, 0.25) is 5.91 Å². The van der Waals surface area contributed by atoms with Crippen LogP contribution in [0.15, 0.2) is 24.3 Å².